The molecule has 2 rings (SSSR count). The van der Waals surface area contributed by atoms with Crippen LogP contribution in [0.3, 0.4) is 0 Å². The topological polar surface area (TPSA) is 32.3 Å². The van der Waals surface area contributed by atoms with Crippen molar-refractivity contribution in [2.75, 3.05) is 20.1 Å². The third-order valence-electron chi connectivity index (χ3n) is 4.20. The zero-order valence-electron chi connectivity index (χ0n) is 12.6. The summed E-state index contributed by atoms with van der Waals surface area (Å²) in [6.45, 7) is 4.34. The first-order valence-electron chi connectivity index (χ1n) is 7.39. The van der Waals surface area contributed by atoms with Crippen LogP contribution in [0.4, 0.5) is 0 Å². The monoisotopic (exact) mass is 328 g/mol. The standard InChI is InChI=1S/C16H22Cl2N2O/c1-3-6-16(7-8-19-11-16)15(21)20(2)10-12-4-5-13(17)9-14(12)18/h4-5,9,19H,3,6-8,10-11H2,1-2H3. The molecule has 1 aromatic rings. The number of rotatable bonds is 5. The molecular formula is C16H22Cl2N2O. The molecule has 1 saturated heterocycles. The van der Waals surface area contributed by atoms with Crippen LogP contribution in [0.1, 0.15) is 31.7 Å². The van der Waals surface area contributed by atoms with Crippen molar-refractivity contribution >= 4 is 29.1 Å². The summed E-state index contributed by atoms with van der Waals surface area (Å²) in [5.74, 6) is 0.209. The molecule has 1 N–H and O–H groups in total. The summed E-state index contributed by atoms with van der Waals surface area (Å²) in [5, 5.41) is 4.54. The van der Waals surface area contributed by atoms with E-state index in [0.717, 1.165) is 37.9 Å². The average molecular weight is 329 g/mol. The van der Waals surface area contributed by atoms with Crippen LogP contribution in [0.25, 0.3) is 0 Å². The molecule has 1 atom stereocenters. The van der Waals surface area contributed by atoms with Gasteiger partial charge in [0.05, 0.1) is 5.41 Å². The first-order chi connectivity index (χ1) is 9.98. The largest absolute Gasteiger partial charge is 0.341 e. The summed E-state index contributed by atoms with van der Waals surface area (Å²) in [7, 11) is 1.85. The molecule has 1 aromatic carbocycles. The number of hydrogen-bond acceptors (Lipinski definition) is 2. The lowest BCUT2D eigenvalue weighted by Gasteiger charge is -2.32. The van der Waals surface area contributed by atoms with Gasteiger partial charge in [-0.15, -0.1) is 0 Å². The first kappa shape index (κ1) is 16.6. The Bertz CT molecular complexity index is 513. The Balaban J connectivity index is 2.11. The lowest BCUT2D eigenvalue weighted by atomic mass is 9.81. The molecule has 1 fully saturated rings. The molecule has 1 aliphatic heterocycles. The van der Waals surface area contributed by atoms with Crippen LogP contribution < -0.4 is 5.32 Å². The number of nitrogens with one attached hydrogen (secondary N) is 1. The summed E-state index contributed by atoms with van der Waals surface area (Å²) in [5.41, 5.74) is 0.678. The van der Waals surface area contributed by atoms with Gasteiger partial charge in [-0.3, -0.25) is 4.79 Å². The minimum absolute atomic E-state index is 0.209. The highest BCUT2D eigenvalue weighted by atomic mass is 35.5. The van der Waals surface area contributed by atoms with Gasteiger partial charge in [0.15, 0.2) is 0 Å². The van der Waals surface area contributed by atoms with Gasteiger partial charge < -0.3 is 10.2 Å². The van der Waals surface area contributed by atoms with Crippen LogP contribution in [0.2, 0.25) is 10.0 Å². The SMILES string of the molecule is CCCC1(C(=O)N(C)Cc2ccc(Cl)cc2Cl)CCNC1. The lowest BCUT2D eigenvalue weighted by molar-refractivity contribution is -0.140. The van der Waals surface area contributed by atoms with E-state index < -0.39 is 0 Å². The molecule has 0 radical (unpaired) electrons. The van der Waals surface area contributed by atoms with E-state index in [2.05, 4.69) is 12.2 Å². The van der Waals surface area contributed by atoms with E-state index in [9.17, 15) is 4.79 Å². The van der Waals surface area contributed by atoms with Crippen LogP contribution in [0.15, 0.2) is 18.2 Å². The van der Waals surface area contributed by atoms with Gasteiger partial charge in [0.25, 0.3) is 0 Å². The molecule has 1 unspecified atom stereocenters. The van der Waals surface area contributed by atoms with E-state index in [1.54, 1.807) is 17.0 Å². The maximum absolute atomic E-state index is 12.9. The zero-order chi connectivity index (χ0) is 15.5. The quantitative estimate of drug-likeness (QED) is 0.893. The Morgan fingerprint density at radius 1 is 1.43 bits per heavy atom. The predicted octanol–water partition coefficient (Wildman–Crippen LogP) is 3.73. The summed E-state index contributed by atoms with van der Waals surface area (Å²) >= 11 is 12.1. The van der Waals surface area contributed by atoms with Crippen LogP contribution in [-0.2, 0) is 11.3 Å². The molecule has 5 heteroatoms. The summed E-state index contributed by atoms with van der Waals surface area (Å²) in [6, 6.07) is 5.41. The number of hydrogen-bond donors (Lipinski definition) is 1. The molecule has 0 aromatic heterocycles. The van der Waals surface area contributed by atoms with Crippen molar-refractivity contribution in [2.45, 2.75) is 32.7 Å². The molecular weight excluding hydrogens is 307 g/mol. The average Bonchev–Trinajstić information content (AvgIpc) is 2.91. The maximum Gasteiger partial charge on any atom is 0.230 e. The lowest BCUT2D eigenvalue weighted by Crippen LogP contribution is -2.43. The van der Waals surface area contributed by atoms with Crippen molar-refractivity contribution < 1.29 is 4.79 Å². The fraction of sp³-hybridized carbons (Fsp3) is 0.562. The van der Waals surface area contributed by atoms with Crippen molar-refractivity contribution in [1.82, 2.24) is 10.2 Å². The summed E-state index contributed by atoms with van der Waals surface area (Å²) in [6.07, 6.45) is 2.86. The van der Waals surface area contributed by atoms with Gasteiger partial charge >= 0.3 is 0 Å². The number of benzene rings is 1. The second-order valence-corrected chi connectivity index (χ2v) is 6.70. The molecule has 1 aliphatic rings. The fourth-order valence-electron chi connectivity index (χ4n) is 3.11. The van der Waals surface area contributed by atoms with Crippen LogP contribution in [0.5, 0.6) is 0 Å². The molecule has 3 nitrogen and oxygen atoms in total. The van der Waals surface area contributed by atoms with E-state index in [0.29, 0.717) is 16.6 Å². The zero-order valence-corrected chi connectivity index (χ0v) is 14.1. The first-order valence-corrected chi connectivity index (χ1v) is 8.14. The number of amides is 1. The van der Waals surface area contributed by atoms with Crippen molar-refractivity contribution in [1.29, 1.82) is 0 Å². The molecule has 0 saturated carbocycles. The fourth-order valence-corrected chi connectivity index (χ4v) is 3.58. The van der Waals surface area contributed by atoms with Crippen LogP contribution >= 0.6 is 23.2 Å². The Hall–Kier alpha value is -0.770. The van der Waals surface area contributed by atoms with Crippen LogP contribution in [0, 0.1) is 5.41 Å². The Kier molecular flexibility index (Phi) is 5.53. The van der Waals surface area contributed by atoms with E-state index >= 15 is 0 Å². The Morgan fingerprint density at radius 3 is 2.76 bits per heavy atom. The molecule has 1 amide bonds. The highest BCUT2D eigenvalue weighted by Gasteiger charge is 2.41. The van der Waals surface area contributed by atoms with Crippen molar-refractivity contribution in [3.8, 4) is 0 Å². The van der Waals surface area contributed by atoms with E-state index in [4.69, 9.17) is 23.2 Å². The number of carbonyl (C=O) groups excluding carboxylic acids is 1. The van der Waals surface area contributed by atoms with Gasteiger partial charge in [-0.25, -0.2) is 0 Å². The summed E-state index contributed by atoms with van der Waals surface area (Å²) in [4.78, 5) is 14.6. The number of halogens is 2. The highest BCUT2D eigenvalue weighted by Crippen LogP contribution is 2.34. The third-order valence-corrected chi connectivity index (χ3v) is 4.78. The minimum atomic E-state index is -0.248. The minimum Gasteiger partial charge on any atom is -0.341 e. The molecule has 0 spiro atoms. The van der Waals surface area contributed by atoms with Crippen molar-refractivity contribution in [2.24, 2.45) is 5.41 Å². The normalized spacial score (nSPS) is 21.5. The highest BCUT2D eigenvalue weighted by molar-refractivity contribution is 6.35. The van der Waals surface area contributed by atoms with Crippen molar-refractivity contribution in [3.63, 3.8) is 0 Å². The number of carbonyl (C=O) groups is 1. The van der Waals surface area contributed by atoms with E-state index in [-0.39, 0.29) is 11.3 Å². The molecule has 21 heavy (non-hydrogen) atoms. The number of nitrogens with zero attached hydrogens (tertiary/aromatic N) is 1. The van der Waals surface area contributed by atoms with Gasteiger partial charge in [0, 0.05) is 30.2 Å². The third kappa shape index (κ3) is 3.71. The molecule has 0 aliphatic carbocycles. The van der Waals surface area contributed by atoms with Crippen molar-refractivity contribution in [3.05, 3.63) is 33.8 Å². The second kappa shape index (κ2) is 6.99. The van der Waals surface area contributed by atoms with Gasteiger partial charge in [-0.05, 0) is 37.1 Å². The van der Waals surface area contributed by atoms with E-state index in [1.807, 2.05) is 13.1 Å². The van der Waals surface area contributed by atoms with Gasteiger partial charge in [0.2, 0.25) is 5.91 Å². The summed E-state index contributed by atoms with van der Waals surface area (Å²) < 4.78 is 0. The second-order valence-electron chi connectivity index (χ2n) is 5.85. The Morgan fingerprint density at radius 2 is 2.19 bits per heavy atom. The Labute approximate surface area is 136 Å². The predicted molar refractivity (Wildman–Crippen MR) is 87.8 cm³/mol. The molecule has 1 heterocycles. The van der Waals surface area contributed by atoms with Gasteiger partial charge in [-0.1, -0.05) is 42.6 Å². The van der Waals surface area contributed by atoms with Gasteiger partial charge in [0.1, 0.15) is 0 Å². The smallest absolute Gasteiger partial charge is 0.230 e. The van der Waals surface area contributed by atoms with Crippen LogP contribution in [-0.4, -0.2) is 30.9 Å². The molecule has 0 bridgehead atoms. The molecule has 116 valence electrons. The van der Waals surface area contributed by atoms with E-state index in [1.165, 1.54) is 0 Å². The van der Waals surface area contributed by atoms with Gasteiger partial charge in [-0.2, -0.15) is 0 Å². The maximum atomic E-state index is 12.9.